The third kappa shape index (κ3) is 4.42. The molecule has 0 aliphatic rings. The molecule has 1 heterocycles. The van der Waals surface area contributed by atoms with Crippen LogP contribution in [0.2, 0.25) is 0 Å². The lowest BCUT2D eigenvalue weighted by atomic mass is 10.0. The van der Waals surface area contributed by atoms with E-state index in [1.54, 1.807) is 0 Å². The van der Waals surface area contributed by atoms with Crippen LogP contribution in [0.15, 0.2) is 0 Å². The summed E-state index contributed by atoms with van der Waals surface area (Å²) in [6, 6.07) is 0.386. The lowest BCUT2D eigenvalue weighted by Crippen LogP contribution is -2.34. The van der Waals surface area contributed by atoms with Crippen molar-refractivity contribution < 1.29 is 0 Å². The van der Waals surface area contributed by atoms with Gasteiger partial charge >= 0.3 is 0 Å². The number of nitrogens with two attached hydrogens (primary N) is 1. The molecular formula is C14H29N5. The van der Waals surface area contributed by atoms with E-state index in [1.165, 1.54) is 0 Å². The lowest BCUT2D eigenvalue weighted by molar-refractivity contribution is 0.355. The number of anilines is 2. The Morgan fingerprint density at radius 2 is 2.00 bits per heavy atom. The number of nitrogens with one attached hydrogen (secondary N) is 1. The second-order valence-electron chi connectivity index (χ2n) is 5.92. The molecule has 1 aromatic rings. The van der Waals surface area contributed by atoms with Gasteiger partial charge in [-0.1, -0.05) is 20.8 Å². The molecule has 0 saturated carbocycles. The van der Waals surface area contributed by atoms with Crippen molar-refractivity contribution in [2.45, 2.75) is 39.7 Å². The maximum absolute atomic E-state index is 6.17. The van der Waals surface area contributed by atoms with E-state index >= 15 is 0 Å². The zero-order chi connectivity index (χ0) is 14.6. The molecule has 110 valence electrons. The molecule has 0 radical (unpaired) electrons. The molecule has 5 heteroatoms. The van der Waals surface area contributed by atoms with Crippen LogP contribution < -0.4 is 11.1 Å². The van der Waals surface area contributed by atoms with E-state index in [4.69, 9.17) is 5.73 Å². The minimum atomic E-state index is 0.386. The Bertz CT molecular complexity index is 385. The van der Waals surface area contributed by atoms with Gasteiger partial charge in [0.25, 0.3) is 0 Å². The Morgan fingerprint density at radius 1 is 1.37 bits per heavy atom. The molecule has 5 nitrogen and oxygen atoms in total. The van der Waals surface area contributed by atoms with E-state index < -0.39 is 0 Å². The minimum Gasteiger partial charge on any atom is -0.394 e. The smallest absolute Gasteiger partial charge is 0.148 e. The zero-order valence-corrected chi connectivity index (χ0v) is 13.2. The normalized spacial score (nSPS) is 13.3. The fraction of sp³-hybridized carbons (Fsp3) is 0.786. The molecule has 1 unspecified atom stereocenters. The first kappa shape index (κ1) is 15.8. The van der Waals surface area contributed by atoms with E-state index in [1.807, 2.05) is 11.7 Å². The van der Waals surface area contributed by atoms with Crippen LogP contribution in [0.5, 0.6) is 0 Å². The maximum atomic E-state index is 6.17. The Balaban J connectivity index is 2.86. The molecule has 19 heavy (non-hydrogen) atoms. The molecule has 0 spiro atoms. The number of nitrogens with zero attached hydrogens (tertiary/aromatic N) is 3. The largest absolute Gasteiger partial charge is 0.394 e. The third-order valence-corrected chi connectivity index (χ3v) is 3.18. The van der Waals surface area contributed by atoms with Gasteiger partial charge in [-0.15, -0.1) is 0 Å². The fourth-order valence-corrected chi connectivity index (χ4v) is 2.41. The van der Waals surface area contributed by atoms with Gasteiger partial charge in [0, 0.05) is 19.6 Å². The predicted molar refractivity (Wildman–Crippen MR) is 82.4 cm³/mol. The van der Waals surface area contributed by atoms with E-state index in [-0.39, 0.29) is 0 Å². The summed E-state index contributed by atoms with van der Waals surface area (Å²) < 4.78 is 1.86. The van der Waals surface area contributed by atoms with Crippen molar-refractivity contribution in [2.75, 3.05) is 31.7 Å². The summed E-state index contributed by atoms with van der Waals surface area (Å²) in [6.07, 6.45) is 1.98. The highest BCUT2D eigenvalue weighted by Crippen LogP contribution is 2.24. The van der Waals surface area contributed by atoms with E-state index in [9.17, 15) is 0 Å². The minimum absolute atomic E-state index is 0.386. The van der Waals surface area contributed by atoms with Gasteiger partial charge in [0.2, 0.25) is 0 Å². The van der Waals surface area contributed by atoms with E-state index in [0.717, 1.165) is 36.6 Å². The van der Waals surface area contributed by atoms with Crippen LogP contribution in [0, 0.1) is 5.92 Å². The highest BCUT2D eigenvalue weighted by Gasteiger charge is 2.17. The standard InChI is InChI=1S/C14H29N5/c1-7-12-13(15)14(19(6)17-12)16-11(8-10(2)3)9-18(4)5/h10-11,16H,7-9,15H2,1-6H3. The first-order chi connectivity index (χ1) is 8.85. The number of hydrogen-bond acceptors (Lipinski definition) is 4. The van der Waals surface area contributed by atoms with Crippen LogP contribution in [0.25, 0.3) is 0 Å². The van der Waals surface area contributed by atoms with Crippen LogP contribution in [0.3, 0.4) is 0 Å². The second kappa shape index (κ2) is 6.80. The van der Waals surface area contributed by atoms with Gasteiger partial charge < -0.3 is 16.0 Å². The quantitative estimate of drug-likeness (QED) is 0.793. The fourth-order valence-electron chi connectivity index (χ4n) is 2.41. The zero-order valence-electron chi connectivity index (χ0n) is 13.2. The van der Waals surface area contributed by atoms with E-state index in [2.05, 4.69) is 50.2 Å². The third-order valence-electron chi connectivity index (χ3n) is 3.18. The number of aryl methyl sites for hydroxylation is 2. The Kier molecular flexibility index (Phi) is 5.66. The molecule has 0 aliphatic carbocycles. The van der Waals surface area contributed by atoms with Gasteiger partial charge in [-0.3, -0.25) is 4.68 Å². The molecular weight excluding hydrogens is 238 g/mol. The number of aromatic nitrogens is 2. The average molecular weight is 267 g/mol. The van der Waals surface area contributed by atoms with Gasteiger partial charge in [0.15, 0.2) is 0 Å². The van der Waals surface area contributed by atoms with Crippen molar-refractivity contribution in [3.05, 3.63) is 5.69 Å². The molecule has 0 saturated heterocycles. The van der Waals surface area contributed by atoms with Crippen LogP contribution >= 0.6 is 0 Å². The molecule has 0 bridgehead atoms. The molecule has 0 aromatic carbocycles. The molecule has 0 aliphatic heterocycles. The SMILES string of the molecule is CCc1nn(C)c(NC(CC(C)C)CN(C)C)c1N. The van der Waals surface area contributed by atoms with Crippen molar-refractivity contribution in [2.24, 2.45) is 13.0 Å². The summed E-state index contributed by atoms with van der Waals surface area (Å²) >= 11 is 0. The van der Waals surface area contributed by atoms with Crippen molar-refractivity contribution in [1.29, 1.82) is 0 Å². The highest BCUT2D eigenvalue weighted by atomic mass is 15.3. The van der Waals surface area contributed by atoms with Gasteiger partial charge in [0.05, 0.1) is 11.4 Å². The Hall–Kier alpha value is -1.23. The van der Waals surface area contributed by atoms with Crippen LogP contribution in [-0.2, 0) is 13.5 Å². The summed E-state index contributed by atoms with van der Waals surface area (Å²) in [5, 5.41) is 8.02. The van der Waals surface area contributed by atoms with Gasteiger partial charge in [-0.25, -0.2) is 0 Å². The summed E-state index contributed by atoms with van der Waals surface area (Å²) in [6.45, 7) is 7.56. The first-order valence-corrected chi connectivity index (χ1v) is 7.07. The number of hydrogen-bond donors (Lipinski definition) is 2. The van der Waals surface area contributed by atoms with E-state index in [0.29, 0.717) is 12.0 Å². The van der Waals surface area contributed by atoms with Crippen molar-refractivity contribution >= 4 is 11.5 Å². The van der Waals surface area contributed by atoms with Gasteiger partial charge in [0.1, 0.15) is 5.82 Å². The second-order valence-corrected chi connectivity index (χ2v) is 5.92. The average Bonchev–Trinajstić information content (AvgIpc) is 2.54. The molecule has 1 aromatic heterocycles. The summed E-state index contributed by atoms with van der Waals surface area (Å²) in [5.74, 6) is 1.60. The first-order valence-electron chi connectivity index (χ1n) is 7.07. The molecule has 0 fully saturated rings. The molecule has 0 amide bonds. The van der Waals surface area contributed by atoms with Gasteiger partial charge in [-0.05, 0) is 32.9 Å². The summed E-state index contributed by atoms with van der Waals surface area (Å²) in [4.78, 5) is 2.20. The maximum Gasteiger partial charge on any atom is 0.148 e. The lowest BCUT2D eigenvalue weighted by Gasteiger charge is -2.25. The molecule has 1 atom stereocenters. The van der Waals surface area contributed by atoms with Crippen LogP contribution in [0.4, 0.5) is 11.5 Å². The summed E-state index contributed by atoms with van der Waals surface area (Å²) in [5.41, 5.74) is 7.93. The van der Waals surface area contributed by atoms with Crippen molar-refractivity contribution in [1.82, 2.24) is 14.7 Å². The monoisotopic (exact) mass is 267 g/mol. The Labute approximate surface area is 117 Å². The Morgan fingerprint density at radius 3 is 2.42 bits per heavy atom. The van der Waals surface area contributed by atoms with Crippen LogP contribution in [0.1, 0.15) is 32.9 Å². The number of rotatable bonds is 7. The van der Waals surface area contributed by atoms with Crippen molar-refractivity contribution in [3.8, 4) is 0 Å². The predicted octanol–water partition coefficient (Wildman–Crippen LogP) is 1.95. The number of likely N-dealkylation sites (N-methyl/N-ethyl adjacent to an activating group) is 1. The van der Waals surface area contributed by atoms with Gasteiger partial charge in [-0.2, -0.15) is 5.10 Å². The molecule has 1 rings (SSSR count). The molecule has 3 N–H and O–H groups in total. The highest BCUT2D eigenvalue weighted by molar-refractivity contribution is 5.65. The van der Waals surface area contributed by atoms with Crippen molar-refractivity contribution in [3.63, 3.8) is 0 Å². The van der Waals surface area contributed by atoms with Crippen LogP contribution in [-0.4, -0.2) is 41.4 Å². The topological polar surface area (TPSA) is 59.1 Å². The number of nitrogen functional groups attached to an aromatic ring is 1. The summed E-state index contributed by atoms with van der Waals surface area (Å²) in [7, 11) is 6.14.